The third kappa shape index (κ3) is 8.02. The number of likely N-dealkylation sites (tertiary alicyclic amines) is 1. The number of hydrogen-bond acceptors (Lipinski definition) is 9. The molecule has 3 amide bonds. The van der Waals surface area contributed by atoms with Gasteiger partial charge in [0.15, 0.2) is 4.34 Å². The summed E-state index contributed by atoms with van der Waals surface area (Å²) in [6.07, 6.45) is 1.01. The van der Waals surface area contributed by atoms with Crippen LogP contribution in [0.1, 0.15) is 40.9 Å². The Morgan fingerprint density at radius 2 is 2.10 bits per heavy atom. The smallest absolute Gasteiger partial charge is 0.251 e. The van der Waals surface area contributed by atoms with Gasteiger partial charge in [-0.15, -0.1) is 11.3 Å². The van der Waals surface area contributed by atoms with Crippen LogP contribution in [0.15, 0.2) is 52.2 Å². The Balaban J connectivity index is 1.30. The zero-order valence-corrected chi connectivity index (χ0v) is 25.2. The van der Waals surface area contributed by atoms with Crippen molar-refractivity contribution in [1.29, 1.82) is 0 Å². The number of amides is 3. The van der Waals surface area contributed by atoms with E-state index in [-0.39, 0.29) is 36.3 Å². The quantitative estimate of drug-likeness (QED) is 0.423. The van der Waals surface area contributed by atoms with Crippen LogP contribution in [-0.4, -0.2) is 72.2 Å². The lowest BCUT2D eigenvalue weighted by molar-refractivity contribution is -0.135. The highest BCUT2D eigenvalue weighted by molar-refractivity contribution is 8.01. The van der Waals surface area contributed by atoms with Gasteiger partial charge in [-0.1, -0.05) is 23.9 Å². The summed E-state index contributed by atoms with van der Waals surface area (Å²) < 4.78 is 18.7. The fourth-order valence-electron chi connectivity index (χ4n) is 4.86. The summed E-state index contributed by atoms with van der Waals surface area (Å²) >= 11 is 2.96. The molecule has 4 bridgehead atoms. The van der Waals surface area contributed by atoms with E-state index in [1.54, 1.807) is 23.1 Å². The number of carbonyl (C=O) groups is 3. The van der Waals surface area contributed by atoms with Crippen LogP contribution in [0.4, 0.5) is 0 Å². The molecule has 42 heavy (non-hydrogen) atoms. The molecule has 5 rings (SSSR count). The van der Waals surface area contributed by atoms with Crippen LogP contribution in [0.3, 0.4) is 0 Å². The monoisotopic (exact) mass is 610 g/mol. The Morgan fingerprint density at radius 1 is 1.21 bits per heavy atom. The van der Waals surface area contributed by atoms with Crippen LogP contribution < -0.4 is 20.1 Å². The lowest BCUT2D eigenvalue weighted by atomic mass is 10.0. The Bertz CT molecular complexity index is 1430. The Kier molecular flexibility index (Phi) is 9.98. The fraction of sp³-hybridized carbons (Fsp3) is 0.400. The fourth-order valence-corrected chi connectivity index (χ4v) is 6.61. The highest BCUT2D eigenvalue weighted by Crippen LogP contribution is 2.29. The lowest BCUT2D eigenvalue weighted by Crippen LogP contribution is -2.57. The molecule has 0 spiro atoms. The van der Waals surface area contributed by atoms with Gasteiger partial charge >= 0.3 is 0 Å². The number of hydrogen-bond donors (Lipinski definition) is 2. The molecular weight excluding hydrogens is 576 g/mol. The van der Waals surface area contributed by atoms with Gasteiger partial charge < -0.3 is 29.7 Å². The van der Waals surface area contributed by atoms with E-state index < -0.39 is 0 Å². The van der Waals surface area contributed by atoms with Crippen LogP contribution in [0.5, 0.6) is 17.2 Å². The minimum atomic E-state index is -0.359. The summed E-state index contributed by atoms with van der Waals surface area (Å²) in [6.45, 7) is 3.48. The Hall–Kier alpha value is -3.61. The molecule has 2 atom stereocenters. The molecule has 10 nitrogen and oxygen atoms in total. The predicted octanol–water partition coefficient (Wildman–Crippen LogP) is 4.17. The number of aromatic nitrogens is 1. The average molecular weight is 611 g/mol. The van der Waals surface area contributed by atoms with E-state index in [0.717, 1.165) is 15.6 Å². The topological polar surface area (TPSA) is 119 Å². The van der Waals surface area contributed by atoms with Crippen molar-refractivity contribution in [3.8, 4) is 17.2 Å². The van der Waals surface area contributed by atoms with Crippen LogP contribution in [0, 0.1) is 6.92 Å². The van der Waals surface area contributed by atoms with Crippen LogP contribution in [0.2, 0.25) is 0 Å². The van der Waals surface area contributed by atoms with Crippen molar-refractivity contribution in [2.45, 2.75) is 49.3 Å². The first-order valence-corrected chi connectivity index (χ1v) is 15.7. The molecule has 2 aliphatic rings. The molecule has 2 N–H and O–H groups in total. The molecule has 3 heterocycles. The molecule has 12 heteroatoms. The van der Waals surface area contributed by atoms with Gasteiger partial charge in [0.05, 0.1) is 31.6 Å². The number of aryl methyl sites for hydroxylation is 1. The number of fused-ring (bicyclic) bond motifs is 5. The maximum atomic E-state index is 13.1. The normalized spacial score (nSPS) is 19.8. The highest BCUT2D eigenvalue weighted by atomic mass is 32.2. The van der Waals surface area contributed by atoms with Crippen molar-refractivity contribution in [2.75, 3.05) is 32.5 Å². The molecule has 0 radical (unpaired) electrons. The number of thiazole rings is 1. The molecule has 1 fully saturated rings. The Morgan fingerprint density at radius 3 is 2.90 bits per heavy atom. The first-order chi connectivity index (χ1) is 20.4. The van der Waals surface area contributed by atoms with E-state index in [9.17, 15) is 14.4 Å². The number of ether oxygens (including phenoxy) is 3. The zero-order valence-electron chi connectivity index (χ0n) is 23.6. The first-order valence-electron chi connectivity index (χ1n) is 13.8. The number of rotatable bonds is 4. The summed E-state index contributed by atoms with van der Waals surface area (Å²) in [5, 5.41) is 7.93. The van der Waals surface area contributed by atoms with Gasteiger partial charge in [0.1, 0.15) is 17.2 Å². The number of benzene rings is 2. The largest absolute Gasteiger partial charge is 0.497 e. The van der Waals surface area contributed by atoms with Crippen LogP contribution >= 0.6 is 23.1 Å². The number of nitrogens with one attached hydrogen (secondary N) is 2. The second kappa shape index (κ2) is 14.0. The van der Waals surface area contributed by atoms with Crippen molar-refractivity contribution in [3.05, 3.63) is 64.7 Å². The number of thioether (sulfide) groups is 1. The third-order valence-electron chi connectivity index (χ3n) is 7.01. The van der Waals surface area contributed by atoms with Gasteiger partial charge in [-0.2, -0.15) is 0 Å². The molecule has 222 valence electrons. The van der Waals surface area contributed by atoms with E-state index in [1.807, 2.05) is 36.6 Å². The SMILES string of the molecule is COc1cc2cc(c1)C(=O)NCCCC(=O)N[C@H]1CN(C(=O)CSc3nc(C)cs3)CC[C@@H]1OCc1cccc(c1)O2. The van der Waals surface area contributed by atoms with Gasteiger partial charge in [-0.3, -0.25) is 14.4 Å². The second-order valence-electron chi connectivity index (χ2n) is 10.2. The van der Waals surface area contributed by atoms with E-state index in [2.05, 4.69) is 15.6 Å². The van der Waals surface area contributed by atoms with Crippen molar-refractivity contribution >= 4 is 40.8 Å². The van der Waals surface area contributed by atoms with E-state index >= 15 is 0 Å². The molecule has 2 aliphatic heterocycles. The standard InChI is InChI=1S/C30H34N4O6S2/c1-19-17-41-30(32-19)42-18-28(36)34-10-8-26-25(15-34)33-27(35)7-4-9-31-29(37)21-12-23(38-2)14-24(13-21)40-22-6-3-5-20(11-22)16-39-26/h3,5-6,11-14,17,25-26H,4,7-10,15-16,18H2,1-2H3,(H,31,37)(H,33,35)/t25-,26-/m0/s1. The average Bonchev–Trinajstić information content (AvgIpc) is 3.41. The van der Waals surface area contributed by atoms with Crippen molar-refractivity contribution in [2.24, 2.45) is 0 Å². The summed E-state index contributed by atoms with van der Waals surface area (Å²) in [5.41, 5.74) is 2.24. The zero-order chi connectivity index (χ0) is 29.5. The number of methoxy groups -OCH3 is 1. The molecule has 3 aromatic rings. The molecule has 0 aliphatic carbocycles. The van der Waals surface area contributed by atoms with Crippen LogP contribution in [0.25, 0.3) is 0 Å². The summed E-state index contributed by atoms with van der Waals surface area (Å²) in [5.74, 6) is 1.43. The summed E-state index contributed by atoms with van der Waals surface area (Å²) in [6, 6.07) is 12.2. The maximum absolute atomic E-state index is 13.1. The molecule has 0 saturated carbocycles. The molecular formula is C30H34N4O6S2. The van der Waals surface area contributed by atoms with Gasteiger partial charge in [0.25, 0.3) is 5.91 Å². The van der Waals surface area contributed by atoms with Gasteiger partial charge in [0.2, 0.25) is 11.8 Å². The van der Waals surface area contributed by atoms with Crippen LogP contribution in [-0.2, 0) is 20.9 Å². The highest BCUT2D eigenvalue weighted by Gasteiger charge is 2.33. The van der Waals surface area contributed by atoms with E-state index in [4.69, 9.17) is 14.2 Å². The number of piperidine rings is 1. The van der Waals surface area contributed by atoms with E-state index in [0.29, 0.717) is 67.6 Å². The maximum Gasteiger partial charge on any atom is 0.251 e. The minimum Gasteiger partial charge on any atom is -0.497 e. The second-order valence-corrected chi connectivity index (χ2v) is 12.3. The van der Waals surface area contributed by atoms with Gasteiger partial charge in [-0.05, 0) is 49.6 Å². The first kappa shape index (κ1) is 29.9. The van der Waals surface area contributed by atoms with Crippen molar-refractivity contribution < 1.29 is 28.6 Å². The van der Waals surface area contributed by atoms with Gasteiger partial charge in [0, 0.05) is 48.8 Å². The molecule has 1 aromatic heterocycles. The van der Waals surface area contributed by atoms with Crippen molar-refractivity contribution in [3.63, 3.8) is 0 Å². The minimum absolute atomic E-state index is 0.00686. The number of carbonyl (C=O) groups excluding carboxylic acids is 3. The molecule has 1 saturated heterocycles. The lowest BCUT2D eigenvalue weighted by Gasteiger charge is -2.38. The number of nitrogens with zero attached hydrogens (tertiary/aromatic N) is 2. The summed E-state index contributed by atoms with van der Waals surface area (Å²) in [7, 11) is 1.53. The molecule has 0 unspecified atom stereocenters. The third-order valence-corrected chi connectivity index (χ3v) is 9.13. The summed E-state index contributed by atoms with van der Waals surface area (Å²) in [4.78, 5) is 45.1. The Labute approximate surface area is 253 Å². The molecule has 2 aromatic carbocycles. The predicted molar refractivity (Wildman–Crippen MR) is 160 cm³/mol. The van der Waals surface area contributed by atoms with Gasteiger partial charge in [-0.25, -0.2) is 4.98 Å². The van der Waals surface area contributed by atoms with E-state index in [1.165, 1.54) is 30.2 Å². The van der Waals surface area contributed by atoms with Crippen molar-refractivity contribution in [1.82, 2.24) is 20.5 Å².